The van der Waals surface area contributed by atoms with Gasteiger partial charge in [0, 0.05) is 24.3 Å². The van der Waals surface area contributed by atoms with Gasteiger partial charge in [0.05, 0.1) is 6.54 Å². The monoisotopic (exact) mass is 323 g/mol. The number of rotatable bonds is 8. The summed E-state index contributed by atoms with van der Waals surface area (Å²) in [5, 5.41) is 8.56. The van der Waals surface area contributed by atoms with E-state index in [-0.39, 0.29) is 18.4 Å². The van der Waals surface area contributed by atoms with Crippen LogP contribution in [0.25, 0.3) is 0 Å². The van der Waals surface area contributed by atoms with Crippen molar-refractivity contribution in [3.05, 3.63) is 78.4 Å². The standard InChI is InChI=1S/C19H21N3O2/c1-2-12-20-18(23)14-21-17-10-8-16(9-11-17)19(24)22-13-15-6-4-3-5-7-15/h2-11,21H,1,12-14H2,(H,20,23)(H,22,24). The maximum absolute atomic E-state index is 12.1. The maximum Gasteiger partial charge on any atom is 0.251 e. The van der Waals surface area contributed by atoms with Crippen LogP contribution < -0.4 is 16.0 Å². The van der Waals surface area contributed by atoms with Gasteiger partial charge < -0.3 is 16.0 Å². The Morgan fingerprint density at radius 2 is 1.67 bits per heavy atom. The number of nitrogens with one attached hydrogen (secondary N) is 3. The number of carbonyl (C=O) groups excluding carboxylic acids is 2. The van der Waals surface area contributed by atoms with Crippen molar-refractivity contribution in [2.75, 3.05) is 18.4 Å². The molecule has 0 radical (unpaired) electrons. The second-order valence-corrected chi connectivity index (χ2v) is 5.19. The molecule has 124 valence electrons. The molecular weight excluding hydrogens is 302 g/mol. The van der Waals surface area contributed by atoms with Gasteiger partial charge in [-0.15, -0.1) is 6.58 Å². The molecule has 24 heavy (non-hydrogen) atoms. The summed E-state index contributed by atoms with van der Waals surface area (Å²) in [6.45, 7) is 4.65. The van der Waals surface area contributed by atoms with Crippen LogP contribution in [-0.2, 0) is 11.3 Å². The second kappa shape index (κ2) is 9.15. The molecule has 5 nitrogen and oxygen atoms in total. The van der Waals surface area contributed by atoms with E-state index in [2.05, 4.69) is 22.5 Å². The zero-order valence-electron chi connectivity index (χ0n) is 13.4. The molecule has 0 heterocycles. The first-order chi connectivity index (χ1) is 11.7. The molecule has 0 aromatic heterocycles. The summed E-state index contributed by atoms with van der Waals surface area (Å²) < 4.78 is 0. The van der Waals surface area contributed by atoms with Gasteiger partial charge in [-0.1, -0.05) is 36.4 Å². The molecule has 0 saturated carbocycles. The third-order valence-corrected chi connectivity index (χ3v) is 3.34. The predicted octanol–water partition coefficient (Wildman–Crippen LogP) is 2.33. The fourth-order valence-electron chi connectivity index (χ4n) is 2.05. The van der Waals surface area contributed by atoms with Gasteiger partial charge in [-0.25, -0.2) is 0 Å². The molecule has 2 aromatic carbocycles. The summed E-state index contributed by atoms with van der Waals surface area (Å²) in [7, 11) is 0. The van der Waals surface area contributed by atoms with Crippen molar-refractivity contribution in [1.29, 1.82) is 0 Å². The van der Waals surface area contributed by atoms with Gasteiger partial charge in [0.1, 0.15) is 0 Å². The topological polar surface area (TPSA) is 70.2 Å². The van der Waals surface area contributed by atoms with E-state index in [1.165, 1.54) is 0 Å². The fraction of sp³-hybridized carbons (Fsp3) is 0.158. The van der Waals surface area contributed by atoms with Crippen LogP contribution in [0.1, 0.15) is 15.9 Å². The molecule has 3 N–H and O–H groups in total. The molecule has 0 aliphatic carbocycles. The number of benzene rings is 2. The molecule has 0 atom stereocenters. The minimum absolute atomic E-state index is 0.111. The van der Waals surface area contributed by atoms with Crippen molar-refractivity contribution in [3.63, 3.8) is 0 Å². The summed E-state index contributed by atoms with van der Waals surface area (Å²) in [4.78, 5) is 23.6. The first-order valence-electron chi connectivity index (χ1n) is 7.72. The average Bonchev–Trinajstić information content (AvgIpc) is 2.64. The molecule has 5 heteroatoms. The van der Waals surface area contributed by atoms with Crippen LogP contribution in [0.3, 0.4) is 0 Å². The van der Waals surface area contributed by atoms with Crippen LogP contribution in [0, 0.1) is 0 Å². The molecule has 0 aliphatic rings. The largest absolute Gasteiger partial charge is 0.376 e. The van der Waals surface area contributed by atoms with E-state index in [4.69, 9.17) is 0 Å². The molecule has 2 amide bonds. The Balaban J connectivity index is 1.81. The first-order valence-corrected chi connectivity index (χ1v) is 7.72. The first kappa shape index (κ1) is 17.3. The van der Waals surface area contributed by atoms with Crippen molar-refractivity contribution in [2.24, 2.45) is 0 Å². The van der Waals surface area contributed by atoms with Gasteiger partial charge in [0.2, 0.25) is 5.91 Å². The van der Waals surface area contributed by atoms with Gasteiger partial charge in [0.15, 0.2) is 0 Å². The Bertz CT molecular complexity index is 682. The van der Waals surface area contributed by atoms with E-state index in [9.17, 15) is 9.59 Å². The molecule has 0 saturated heterocycles. The van der Waals surface area contributed by atoms with Gasteiger partial charge in [-0.3, -0.25) is 9.59 Å². The summed E-state index contributed by atoms with van der Waals surface area (Å²) in [5.74, 6) is -0.242. The second-order valence-electron chi connectivity index (χ2n) is 5.19. The lowest BCUT2D eigenvalue weighted by Crippen LogP contribution is -2.29. The molecular formula is C19H21N3O2. The molecule has 0 aliphatic heterocycles. The smallest absolute Gasteiger partial charge is 0.251 e. The Hall–Kier alpha value is -3.08. The predicted molar refractivity (Wildman–Crippen MR) is 95.8 cm³/mol. The van der Waals surface area contributed by atoms with E-state index in [0.29, 0.717) is 18.7 Å². The Kier molecular flexibility index (Phi) is 6.58. The minimum Gasteiger partial charge on any atom is -0.376 e. The van der Waals surface area contributed by atoms with E-state index in [1.807, 2.05) is 30.3 Å². The zero-order chi connectivity index (χ0) is 17.2. The van der Waals surface area contributed by atoms with Gasteiger partial charge >= 0.3 is 0 Å². The van der Waals surface area contributed by atoms with E-state index in [0.717, 1.165) is 11.3 Å². The van der Waals surface area contributed by atoms with Crippen LogP contribution in [0.15, 0.2) is 67.3 Å². The van der Waals surface area contributed by atoms with Crippen molar-refractivity contribution in [3.8, 4) is 0 Å². The highest BCUT2D eigenvalue weighted by atomic mass is 16.2. The fourth-order valence-corrected chi connectivity index (χ4v) is 2.05. The van der Waals surface area contributed by atoms with Crippen LogP contribution in [0.5, 0.6) is 0 Å². The van der Waals surface area contributed by atoms with E-state index in [1.54, 1.807) is 30.3 Å². The summed E-state index contributed by atoms with van der Waals surface area (Å²) >= 11 is 0. The lowest BCUT2D eigenvalue weighted by atomic mass is 10.1. The molecule has 2 rings (SSSR count). The third kappa shape index (κ3) is 5.61. The van der Waals surface area contributed by atoms with Crippen molar-refractivity contribution >= 4 is 17.5 Å². The maximum atomic E-state index is 12.1. The van der Waals surface area contributed by atoms with Gasteiger partial charge in [-0.05, 0) is 29.8 Å². The average molecular weight is 323 g/mol. The zero-order valence-corrected chi connectivity index (χ0v) is 13.4. The molecule has 0 bridgehead atoms. The number of carbonyl (C=O) groups is 2. The van der Waals surface area contributed by atoms with Crippen LogP contribution in [0.4, 0.5) is 5.69 Å². The Morgan fingerprint density at radius 1 is 0.958 bits per heavy atom. The third-order valence-electron chi connectivity index (χ3n) is 3.34. The lowest BCUT2D eigenvalue weighted by Gasteiger charge is -2.08. The number of hydrogen-bond acceptors (Lipinski definition) is 3. The lowest BCUT2D eigenvalue weighted by molar-refractivity contribution is -0.119. The van der Waals surface area contributed by atoms with Crippen molar-refractivity contribution < 1.29 is 9.59 Å². The molecule has 0 fully saturated rings. The highest BCUT2D eigenvalue weighted by Crippen LogP contribution is 2.09. The number of amides is 2. The van der Waals surface area contributed by atoms with E-state index < -0.39 is 0 Å². The number of hydrogen-bond donors (Lipinski definition) is 3. The molecule has 2 aromatic rings. The minimum atomic E-state index is -0.130. The van der Waals surface area contributed by atoms with Crippen LogP contribution >= 0.6 is 0 Å². The summed E-state index contributed by atoms with van der Waals surface area (Å²) in [6.07, 6.45) is 1.63. The Labute approximate surface area is 141 Å². The molecule has 0 unspecified atom stereocenters. The van der Waals surface area contributed by atoms with Crippen LogP contribution in [0.2, 0.25) is 0 Å². The molecule has 0 spiro atoms. The SMILES string of the molecule is C=CCNC(=O)CNc1ccc(C(=O)NCc2ccccc2)cc1. The normalized spacial score (nSPS) is 9.83. The summed E-state index contributed by atoms with van der Waals surface area (Å²) in [6, 6.07) is 16.7. The Morgan fingerprint density at radius 3 is 2.33 bits per heavy atom. The highest BCUT2D eigenvalue weighted by molar-refractivity contribution is 5.94. The van der Waals surface area contributed by atoms with Crippen molar-refractivity contribution in [1.82, 2.24) is 10.6 Å². The quantitative estimate of drug-likeness (QED) is 0.653. The van der Waals surface area contributed by atoms with Crippen molar-refractivity contribution in [2.45, 2.75) is 6.54 Å². The van der Waals surface area contributed by atoms with Gasteiger partial charge in [-0.2, -0.15) is 0 Å². The summed E-state index contributed by atoms with van der Waals surface area (Å²) in [5.41, 5.74) is 2.41. The number of anilines is 1. The van der Waals surface area contributed by atoms with Gasteiger partial charge in [0.25, 0.3) is 5.91 Å². The highest BCUT2D eigenvalue weighted by Gasteiger charge is 2.05. The van der Waals surface area contributed by atoms with Crippen LogP contribution in [-0.4, -0.2) is 24.9 Å². The van der Waals surface area contributed by atoms with E-state index >= 15 is 0 Å².